The summed E-state index contributed by atoms with van der Waals surface area (Å²) in [6.45, 7) is 4.39. The van der Waals surface area contributed by atoms with Crippen LogP contribution in [0.1, 0.15) is 30.9 Å². The lowest BCUT2D eigenvalue weighted by Crippen LogP contribution is -1.86. The molecular formula is C16H14BrNS. The highest BCUT2D eigenvalue weighted by molar-refractivity contribution is 9.10. The Bertz CT molecular complexity index is 612. The average Bonchev–Trinajstić information content (AvgIpc) is 2.39. The second kappa shape index (κ2) is 6.27. The van der Waals surface area contributed by atoms with E-state index in [0.29, 0.717) is 11.5 Å². The number of halogens is 1. The predicted molar refractivity (Wildman–Crippen MR) is 83.5 cm³/mol. The van der Waals surface area contributed by atoms with Crippen LogP contribution in [-0.4, -0.2) is 0 Å². The fourth-order valence-electron chi connectivity index (χ4n) is 1.71. The van der Waals surface area contributed by atoms with E-state index in [2.05, 4.69) is 60.1 Å². The average molecular weight is 332 g/mol. The van der Waals surface area contributed by atoms with E-state index in [1.807, 2.05) is 18.2 Å². The third-order valence-electron chi connectivity index (χ3n) is 2.84. The van der Waals surface area contributed by atoms with Gasteiger partial charge in [-0.15, -0.1) is 0 Å². The third-order valence-corrected chi connectivity index (χ3v) is 4.50. The van der Waals surface area contributed by atoms with Crippen molar-refractivity contribution in [1.82, 2.24) is 0 Å². The normalized spacial score (nSPS) is 10.5. The first kappa shape index (κ1) is 14.2. The summed E-state index contributed by atoms with van der Waals surface area (Å²) in [5.41, 5.74) is 2.02. The minimum absolute atomic E-state index is 0.558. The maximum absolute atomic E-state index is 8.89. The van der Waals surface area contributed by atoms with Gasteiger partial charge in [0.25, 0.3) is 0 Å². The van der Waals surface area contributed by atoms with Crippen molar-refractivity contribution in [3.8, 4) is 6.07 Å². The molecule has 2 aromatic carbocycles. The maximum Gasteiger partial charge on any atom is 0.100 e. The molecular weight excluding hydrogens is 318 g/mol. The molecule has 1 nitrogen and oxygen atoms in total. The Labute approximate surface area is 126 Å². The Kier molecular flexibility index (Phi) is 4.68. The highest BCUT2D eigenvalue weighted by Crippen LogP contribution is 2.31. The molecule has 0 aliphatic carbocycles. The quantitative estimate of drug-likeness (QED) is 0.731. The van der Waals surface area contributed by atoms with Crippen molar-refractivity contribution in [3.63, 3.8) is 0 Å². The van der Waals surface area contributed by atoms with E-state index in [1.54, 1.807) is 11.8 Å². The van der Waals surface area contributed by atoms with E-state index >= 15 is 0 Å². The Hall–Kier alpha value is -1.24. The SMILES string of the molecule is CC(C)c1ccc(Sc2ccc(C#N)c(Br)c2)cc1. The molecule has 0 radical (unpaired) electrons. The van der Waals surface area contributed by atoms with Crippen LogP contribution in [0.5, 0.6) is 0 Å². The van der Waals surface area contributed by atoms with Crippen molar-refractivity contribution in [2.24, 2.45) is 0 Å². The standard InChI is InChI=1S/C16H14BrNS/c1-11(2)12-3-6-14(7-4-12)19-15-8-5-13(10-18)16(17)9-15/h3-9,11H,1-2H3. The van der Waals surface area contributed by atoms with Crippen molar-refractivity contribution in [2.75, 3.05) is 0 Å². The number of nitrogens with zero attached hydrogens (tertiary/aromatic N) is 1. The topological polar surface area (TPSA) is 23.8 Å². The predicted octanol–water partition coefficient (Wildman–Crippen LogP) is 5.60. The van der Waals surface area contributed by atoms with Gasteiger partial charge in [0.05, 0.1) is 5.56 Å². The maximum atomic E-state index is 8.89. The van der Waals surface area contributed by atoms with Gasteiger partial charge in [0, 0.05) is 14.3 Å². The zero-order chi connectivity index (χ0) is 13.8. The van der Waals surface area contributed by atoms with Gasteiger partial charge in [-0.25, -0.2) is 0 Å². The second-order valence-electron chi connectivity index (χ2n) is 4.58. The molecule has 0 heterocycles. The van der Waals surface area contributed by atoms with E-state index in [4.69, 9.17) is 5.26 Å². The van der Waals surface area contributed by atoms with Gasteiger partial charge in [-0.1, -0.05) is 37.7 Å². The minimum atomic E-state index is 0.558. The van der Waals surface area contributed by atoms with Crippen molar-refractivity contribution in [2.45, 2.75) is 29.6 Å². The van der Waals surface area contributed by atoms with Crippen LogP contribution in [0.3, 0.4) is 0 Å². The van der Waals surface area contributed by atoms with Crippen LogP contribution in [0.15, 0.2) is 56.7 Å². The smallest absolute Gasteiger partial charge is 0.100 e. The molecule has 0 saturated heterocycles. The lowest BCUT2D eigenvalue weighted by atomic mass is 10.0. The van der Waals surface area contributed by atoms with Crippen LogP contribution < -0.4 is 0 Å². The Morgan fingerprint density at radius 3 is 2.21 bits per heavy atom. The number of hydrogen-bond acceptors (Lipinski definition) is 2. The molecule has 96 valence electrons. The van der Waals surface area contributed by atoms with Crippen LogP contribution in [0.2, 0.25) is 0 Å². The van der Waals surface area contributed by atoms with Crippen molar-refractivity contribution in [3.05, 3.63) is 58.1 Å². The molecule has 0 atom stereocenters. The fraction of sp³-hybridized carbons (Fsp3) is 0.188. The van der Waals surface area contributed by atoms with E-state index in [-0.39, 0.29) is 0 Å². The summed E-state index contributed by atoms with van der Waals surface area (Å²) >= 11 is 5.12. The summed E-state index contributed by atoms with van der Waals surface area (Å²) in [5.74, 6) is 0.558. The highest BCUT2D eigenvalue weighted by atomic mass is 79.9. The van der Waals surface area contributed by atoms with Crippen LogP contribution in [0, 0.1) is 11.3 Å². The first-order valence-electron chi connectivity index (χ1n) is 6.07. The van der Waals surface area contributed by atoms with Gasteiger partial charge >= 0.3 is 0 Å². The number of benzene rings is 2. The fourth-order valence-corrected chi connectivity index (χ4v) is 3.18. The lowest BCUT2D eigenvalue weighted by molar-refractivity contribution is 0.865. The molecule has 0 aliphatic rings. The summed E-state index contributed by atoms with van der Waals surface area (Å²) in [7, 11) is 0. The zero-order valence-corrected chi connectivity index (χ0v) is 13.3. The lowest BCUT2D eigenvalue weighted by Gasteiger charge is -2.07. The second-order valence-corrected chi connectivity index (χ2v) is 6.58. The molecule has 0 unspecified atom stereocenters. The summed E-state index contributed by atoms with van der Waals surface area (Å²) in [6, 6.07) is 16.6. The van der Waals surface area contributed by atoms with Crippen LogP contribution >= 0.6 is 27.7 Å². The molecule has 0 aliphatic heterocycles. The number of rotatable bonds is 3. The first-order valence-corrected chi connectivity index (χ1v) is 7.68. The van der Waals surface area contributed by atoms with Crippen LogP contribution in [0.25, 0.3) is 0 Å². The van der Waals surface area contributed by atoms with Gasteiger partial charge in [-0.2, -0.15) is 5.26 Å². The van der Waals surface area contributed by atoms with Crippen molar-refractivity contribution in [1.29, 1.82) is 5.26 Å². The molecule has 0 amide bonds. The first-order chi connectivity index (χ1) is 9.10. The molecule has 0 spiro atoms. The minimum Gasteiger partial charge on any atom is -0.192 e. The Morgan fingerprint density at radius 2 is 1.68 bits per heavy atom. The van der Waals surface area contributed by atoms with Crippen LogP contribution in [0.4, 0.5) is 0 Å². The van der Waals surface area contributed by atoms with Gasteiger partial charge in [-0.3, -0.25) is 0 Å². The van der Waals surface area contributed by atoms with Crippen LogP contribution in [-0.2, 0) is 0 Å². The van der Waals surface area contributed by atoms with E-state index in [1.165, 1.54) is 10.5 Å². The van der Waals surface area contributed by atoms with Gasteiger partial charge in [-0.05, 0) is 57.7 Å². The molecule has 0 bridgehead atoms. The monoisotopic (exact) mass is 331 g/mol. The van der Waals surface area contributed by atoms with Gasteiger partial charge < -0.3 is 0 Å². The summed E-state index contributed by atoms with van der Waals surface area (Å²) in [5, 5.41) is 8.89. The zero-order valence-electron chi connectivity index (χ0n) is 10.9. The molecule has 3 heteroatoms. The summed E-state index contributed by atoms with van der Waals surface area (Å²) < 4.78 is 0.846. The van der Waals surface area contributed by atoms with Gasteiger partial charge in [0.1, 0.15) is 6.07 Å². The molecule has 19 heavy (non-hydrogen) atoms. The van der Waals surface area contributed by atoms with Gasteiger partial charge in [0.15, 0.2) is 0 Å². The molecule has 0 N–H and O–H groups in total. The number of nitriles is 1. The summed E-state index contributed by atoms with van der Waals surface area (Å²) in [4.78, 5) is 2.34. The molecule has 0 saturated carbocycles. The molecule has 0 aromatic heterocycles. The Balaban J connectivity index is 2.17. The molecule has 0 fully saturated rings. The van der Waals surface area contributed by atoms with E-state index < -0.39 is 0 Å². The van der Waals surface area contributed by atoms with Crippen molar-refractivity contribution < 1.29 is 0 Å². The summed E-state index contributed by atoms with van der Waals surface area (Å²) in [6.07, 6.45) is 0. The Morgan fingerprint density at radius 1 is 1.05 bits per heavy atom. The van der Waals surface area contributed by atoms with E-state index in [0.717, 1.165) is 9.37 Å². The third kappa shape index (κ3) is 3.62. The van der Waals surface area contributed by atoms with E-state index in [9.17, 15) is 0 Å². The highest BCUT2D eigenvalue weighted by Gasteiger charge is 2.03. The number of hydrogen-bond donors (Lipinski definition) is 0. The molecule has 2 rings (SSSR count). The van der Waals surface area contributed by atoms with Gasteiger partial charge in [0.2, 0.25) is 0 Å². The largest absolute Gasteiger partial charge is 0.192 e. The van der Waals surface area contributed by atoms with Crippen molar-refractivity contribution >= 4 is 27.7 Å². The molecule has 2 aromatic rings.